The zero-order valence-corrected chi connectivity index (χ0v) is 13.3. The number of nitriles is 2. The molecule has 0 saturated heterocycles. The Kier molecular flexibility index (Phi) is 5.13. The van der Waals surface area contributed by atoms with Gasteiger partial charge in [0.15, 0.2) is 11.8 Å². The van der Waals surface area contributed by atoms with Crippen LogP contribution in [0.3, 0.4) is 0 Å². The summed E-state index contributed by atoms with van der Waals surface area (Å²) in [4.78, 5) is 27.3. The van der Waals surface area contributed by atoms with Crippen LogP contribution in [0.2, 0.25) is 0 Å². The van der Waals surface area contributed by atoms with Crippen molar-refractivity contribution in [1.82, 2.24) is 4.98 Å². The van der Waals surface area contributed by atoms with Crippen LogP contribution < -0.4 is 0 Å². The number of hydrogen-bond acceptors (Lipinski definition) is 7. The number of ether oxygens (including phenoxy) is 1. The van der Waals surface area contributed by atoms with E-state index in [0.29, 0.717) is 0 Å². The SMILES string of the molecule is COC(=O)C(C)(C)Cc1nc(C(C)(C(=O)O)C(C#N)C#N)co1. The van der Waals surface area contributed by atoms with Crippen molar-refractivity contribution in [3.05, 3.63) is 17.8 Å². The number of carbonyl (C=O) groups is 2. The van der Waals surface area contributed by atoms with Crippen molar-refractivity contribution in [2.45, 2.75) is 32.6 Å². The minimum Gasteiger partial charge on any atom is -0.480 e. The molecule has 1 unspecified atom stereocenters. The van der Waals surface area contributed by atoms with E-state index in [1.807, 2.05) is 0 Å². The molecule has 0 aliphatic carbocycles. The van der Waals surface area contributed by atoms with Crippen LogP contribution in [-0.4, -0.2) is 29.1 Å². The Labute approximate surface area is 133 Å². The average Bonchev–Trinajstić information content (AvgIpc) is 2.95. The van der Waals surface area contributed by atoms with Crippen LogP contribution in [0, 0.1) is 34.0 Å². The number of aliphatic carboxylic acids is 1. The van der Waals surface area contributed by atoms with Gasteiger partial charge in [-0.15, -0.1) is 0 Å². The molecule has 23 heavy (non-hydrogen) atoms. The van der Waals surface area contributed by atoms with E-state index in [2.05, 4.69) is 9.72 Å². The summed E-state index contributed by atoms with van der Waals surface area (Å²) in [7, 11) is 1.26. The van der Waals surface area contributed by atoms with E-state index in [1.165, 1.54) is 14.0 Å². The van der Waals surface area contributed by atoms with Crippen LogP contribution in [0.5, 0.6) is 0 Å². The quantitative estimate of drug-likeness (QED) is 0.777. The number of rotatable bonds is 6. The molecular weight excluding hydrogens is 302 g/mol. The first-order valence-corrected chi connectivity index (χ1v) is 6.69. The number of aromatic nitrogens is 1. The zero-order chi connectivity index (χ0) is 17.8. The first-order chi connectivity index (χ1) is 10.6. The van der Waals surface area contributed by atoms with Crippen LogP contribution in [0.15, 0.2) is 10.7 Å². The highest BCUT2D eigenvalue weighted by Crippen LogP contribution is 2.33. The molecule has 0 aliphatic rings. The maximum Gasteiger partial charge on any atom is 0.318 e. The molecule has 122 valence electrons. The lowest BCUT2D eigenvalue weighted by Gasteiger charge is -2.22. The van der Waals surface area contributed by atoms with E-state index >= 15 is 0 Å². The molecule has 0 fully saturated rings. The van der Waals surface area contributed by atoms with Crippen molar-refractivity contribution in [3.63, 3.8) is 0 Å². The lowest BCUT2D eigenvalue weighted by molar-refractivity contribution is -0.151. The Morgan fingerprint density at radius 3 is 2.39 bits per heavy atom. The third-order valence-corrected chi connectivity index (χ3v) is 3.69. The summed E-state index contributed by atoms with van der Waals surface area (Å²) in [5.41, 5.74) is -2.80. The standard InChI is InChI=1S/C15H17N3O5/c1-14(2,13(21)22-4)5-11-18-10(8-23-11)15(3,12(19)20)9(6-16)7-17/h8-9H,5H2,1-4H3,(H,19,20). The number of carboxylic acid groups (broad SMARTS) is 1. The minimum absolute atomic E-state index is 0.0474. The third-order valence-electron chi connectivity index (χ3n) is 3.69. The van der Waals surface area contributed by atoms with Crippen LogP contribution in [0.25, 0.3) is 0 Å². The Bertz CT molecular complexity index is 681. The van der Waals surface area contributed by atoms with Gasteiger partial charge in [0.05, 0.1) is 30.4 Å². The summed E-state index contributed by atoms with van der Waals surface area (Å²) in [6.45, 7) is 4.50. The normalized spacial score (nSPS) is 13.7. The van der Waals surface area contributed by atoms with Crippen molar-refractivity contribution in [3.8, 4) is 12.1 Å². The maximum absolute atomic E-state index is 11.7. The average molecular weight is 319 g/mol. The predicted octanol–water partition coefficient (Wildman–Crippen LogP) is 1.42. The van der Waals surface area contributed by atoms with Gasteiger partial charge in [-0.05, 0) is 20.8 Å². The molecule has 0 aliphatic heterocycles. The van der Waals surface area contributed by atoms with Crippen molar-refractivity contribution in [2.75, 3.05) is 7.11 Å². The summed E-state index contributed by atoms with van der Waals surface area (Å²) in [6, 6.07) is 3.32. The topological polar surface area (TPSA) is 137 Å². The highest BCUT2D eigenvalue weighted by atomic mass is 16.5. The first kappa shape index (κ1) is 18.2. The van der Waals surface area contributed by atoms with Gasteiger partial charge in [0.1, 0.15) is 11.7 Å². The molecule has 1 rings (SSSR count). The summed E-state index contributed by atoms with van der Waals surface area (Å²) < 4.78 is 9.91. The van der Waals surface area contributed by atoms with Gasteiger partial charge in [-0.2, -0.15) is 10.5 Å². The van der Waals surface area contributed by atoms with Crippen LogP contribution in [-0.2, 0) is 26.2 Å². The Hall–Kier alpha value is -2.87. The fraction of sp³-hybridized carbons (Fsp3) is 0.533. The first-order valence-electron chi connectivity index (χ1n) is 6.69. The maximum atomic E-state index is 11.7. The lowest BCUT2D eigenvalue weighted by atomic mass is 9.76. The van der Waals surface area contributed by atoms with Crippen LogP contribution in [0.4, 0.5) is 0 Å². The van der Waals surface area contributed by atoms with Gasteiger partial charge in [0.25, 0.3) is 0 Å². The number of oxazole rings is 1. The lowest BCUT2D eigenvalue weighted by Crippen LogP contribution is -2.39. The second-order valence-electron chi connectivity index (χ2n) is 5.88. The molecule has 8 nitrogen and oxygen atoms in total. The van der Waals surface area contributed by atoms with Crippen molar-refractivity contribution >= 4 is 11.9 Å². The minimum atomic E-state index is -1.83. The van der Waals surface area contributed by atoms with Gasteiger partial charge in [0, 0.05) is 6.42 Å². The molecule has 0 amide bonds. The fourth-order valence-corrected chi connectivity index (χ4v) is 2.03. The summed E-state index contributed by atoms with van der Waals surface area (Å²) in [5, 5.41) is 27.5. The third kappa shape index (κ3) is 3.32. The number of methoxy groups -OCH3 is 1. The summed E-state index contributed by atoms with van der Waals surface area (Å²) in [5.74, 6) is -3.15. The van der Waals surface area contributed by atoms with Gasteiger partial charge in [-0.25, -0.2) is 4.98 Å². The second-order valence-corrected chi connectivity index (χ2v) is 5.88. The predicted molar refractivity (Wildman–Crippen MR) is 75.7 cm³/mol. The van der Waals surface area contributed by atoms with Crippen molar-refractivity contribution in [1.29, 1.82) is 10.5 Å². The highest BCUT2D eigenvalue weighted by Gasteiger charge is 2.47. The molecule has 1 heterocycles. The van der Waals surface area contributed by atoms with Gasteiger partial charge in [-0.3, -0.25) is 9.59 Å². The number of nitrogens with zero attached hydrogens (tertiary/aromatic N) is 3. The van der Waals surface area contributed by atoms with E-state index in [9.17, 15) is 14.7 Å². The molecule has 0 spiro atoms. The largest absolute Gasteiger partial charge is 0.480 e. The van der Waals surface area contributed by atoms with Crippen LogP contribution >= 0.6 is 0 Å². The van der Waals surface area contributed by atoms with E-state index in [0.717, 1.165) is 6.26 Å². The highest BCUT2D eigenvalue weighted by molar-refractivity contribution is 5.81. The number of carboxylic acids is 1. The monoisotopic (exact) mass is 319 g/mol. The van der Waals surface area contributed by atoms with Crippen molar-refractivity contribution in [2.24, 2.45) is 11.3 Å². The van der Waals surface area contributed by atoms with Gasteiger partial charge in [0.2, 0.25) is 0 Å². The number of carbonyl (C=O) groups excluding carboxylic acids is 1. The second kappa shape index (κ2) is 6.49. The van der Waals surface area contributed by atoms with E-state index in [4.69, 9.17) is 14.9 Å². The molecule has 1 aromatic rings. The number of hydrogen-bond donors (Lipinski definition) is 1. The molecule has 0 saturated carbocycles. The molecule has 0 radical (unpaired) electrons. The van der Waals surface area contributed by atoms with Gasteiger partial charge < -0.3 is 14.3 Å². The Morgan fingerprint density at radius 2 is 1.96 bits per heavy atom. The van der Waals surface area contributed by atoms with Crippen molar-refractivity contribution < 1.29 is 23.8 Å². The molecule has 1 aromatic heterocycles. The molecule has 0 bridgehead atoms. The fourth-order valence-electron chi connectivity index (χ4n) is 2.03. The van der Waals surface area contributed by atoms with Gasteiger partial charge >= 0.3 is 11.9 Å². The Balaban J connectivity index is 3.21. The van der Waals surface area contributed by atoms with Crippen LogP contribution in [0.1, 0.15) is 32.4 Å². The summed E-state index contributed by atoms with van der Waals surface area (Å²) >= 11 is 0. The molecule has 1 atom stereocenters. The van der Waals surface area contributed by atoms with E-state index in [1.54, 1.807) is 26.0 Å². The summed E-state index contributed by atoms with van der Waals surface area (Å²) in [6.07, 6.45) is 1.18. The zero-order valence-electron chi connectivity index (χ0n) is 13.3. The molecular formula is C15H17N3O5. The van der Waals surface area contributed by atoms with E-state index < -0.39 is 28.7 Å². The van der Waals surface area contributed by atoms with Gasteiger partial charge in [-0.1, -0.05) is 0 Å². The smallest absolute Gasteiger partial charge is 0.318 e. The number of esters is 1. The molecule has 1 N–H and O–H groups in total. The Morgan fingerprint density at radius 1 is 1.39 bits per heavy atom. The molecule has 0 aromatic carbocycles. The van der Waals surface area contributed by atoms with E-state index in [-0.39, 0.29) is 18.0 Å². The molecule has 8 heteroatoms.